The minimum Gasteiger partial charge on any atom is -0.479 e. The summed E-state index contributed by atoms with van der Waals surface area (Å²) in [7, 11) is 0. The van der Waals surface area contributed by atoms with Crippen LogP contribution in [0.2, 0.25) is 5.02 Å². The van der Waals surface area contributed by atoms with Crippen LogP contribution in [0.3, 0.4) is 0 Å². The molecule has 9 heteroatoms. The van der Waals surface area contributed by atoms with Crippen LogP contribution >= 0.6 is 39.3 Å². The molecule has 0 unspecified atom stereocenters. The van der Waals surface area contributed by atoms with Gasteiger partial charge in [-0.2, -0.15) is 0 Å². The van der Waals surface area contributed by atoms with Gasteiger partial charge in [0.25, 0.3) is 5.91 Å². The standard InChI is InChI=1S/C20H24BrClN2O4S/c1-6-27-17(25)10-28-18-14(21)7-13(8-15(18)22)9-16-19(26)24(12(4)5)20(29-16)23-11(2)3/h7-9,11-12H,6,10H2,1-5H3/b16-9+,23-20?. The molecular weight excluding hydrogens is 480 g/mol. The predicted molar refractivity (Wildman–Crippen MR) is 121 cm³/mol. The van der Waals surface area contributed by atoms with Gasteiger partial charge < -0.3 is 9.47 Å². The highest BCUT2D eigenvalue weighted by molar-refractivity contribution is 9.10. The number of benzene rings is 1. The van der Waals surface area contributed by atoms with E-state index >= 15 is 0 Å². The molecule has 0 N–H and O–H groups in total. The van der Waals surface area contributed by atoms with Crippen molar-refractivity contribution in [3.8, 4) is 5.75 Å². The first kappa shape index (κ1) is 23.8. The van der Waals surface area contributed by atoms with Crippen molar-refractivity contribution in [1.82, 2.24) is 4.90 Å². The molecule has 0 aliphatic carbocycles. The quantitative estimate of drug-likeness (QED) is 0.381. The molecule has 2 rings (SSSR count). The molecule has 1 saturated heterocycles. The van der Waals surface area contributed by atoms with Crippen molar-refractivity contribution >= 4 is 62.4 Å². The first-order chi connectivity index (χ1) is 13.6. The van der Waals surface area contributed by atoms with Gasteiger partial charge in [-0.15, -0.1) is 0 Å². The van der Waals surface area contributed by atoms with Crippen LogP contribution in [0.1, 0.15) is 40.2 Å². The number of thioether (sulfide) groups is 1. The smallest absolute Gasteiger partial charge is 0.344 e. The number of hydrogen-bond acceptors (Lipinski definition) is 6. The molecule has 1 heterocycles. The number of nitrogens with zero attached hydrogens (tertiary/aromatic N) is 2. The molecule has 1 fully saturated rings. The van der Waals surface area contributed by atoms with Gasteiger partial charge in [0.1, 0.15) is 0 Å². The molecule has 29 heavy (non-hydrogen) atoms. The van der Waals surface area contributed by atoms with Crippen molar-refractivity contribution in [2.24, 2.45) is 4.99 Å². The monoisotopic (exact) mass is 502 g/mol. The zero-order valence-electron chi connectivity index (χ0n) is 17.0. The van der Waals surface area contributed by atoms with Crippen LogP contribution in [0.25, 0.3) is 6.08 Å². The minimum atomic E-state index is -0.472. The number of esters is 1. The summed E-state index contributed by atoms with van der Waals surface area (Å²) in [5.41, 5.74) is 0.732. The molecule has 0 bridgehead atoms. The zero-order chi connectivity index (χ0) is 21.7. The van der Waals surface area contributed by atoms with Crippen LogP contribution in [0.15, 0.2) is 26.5 Å². The molecule has 0 radical (unpaired) electrons. The Morgan fingerprint density at radius 2 is 2.03 bits per heavy atom. The van der Waals surface area contributed by atoms with E-state index in [-0.39, 0.29) is 31.2 Å². The van der Waals surface area contributed by atoms with E-state index in [9.17, 15) is 9.59 Å². The van der Waals surface area contributed by atoms with Crippen molar-refractivity contribution in [3.05, 3.63) is 32.1 Å². The Bertz CT molecular complexity index is 832. The molecular formula is C20H24BrClN2O4S. The SMILES string of the molecule is CCOC(=O)COc1c(Cl)cc(/C=C2/SC(=NC(C)C)N(C(C)C)C2=O)cc1Br. The summed E-state index contributed by atoms with van der Waals surface area (Å²) in [6, 6.07) is 3.56. The number of carbonyl (C=O) groups is 2. The van der Waals surface area contributed by atoms with E-state index in [0.717, 1.165) is 5.56 Å². The number of hydrogen-bond donors (Lipinski definition) is 0. The minimum absolute atomic E-state index is 0.00683. The number of ether oxygens (including phenoxy) is 2. The van der Waals surface area contributed by atoms with Gasteiger partial charge in [0, 0.05) is 12.1 Å². The highest BCUT2D eigenvalue weighted by Crippen LogP contribution is 2.38. The lowest BCUT2D eigenvalue weighted by Crippen LogP contribution is -2.35. The van der Waals surface area contributed by atoms with Gasteiger partial charge in [0.05, 0.1) is 21.0 Å². The number of halogens is 2. The topological polar surface area (TPSA) is 68.2 Å². The van der Waals surface area contributed by atoms with Gasteiger partial charge in [-0.3, -0.25) is 14.7 Å². The first-order valence-corrected chi connectivity index (χ1v) is 11.2. The van der Waals surface area contributed by atoms with E-state index in [1.807, 2.05) is 27.7 Å². The van der Waals surface area contributed by atoms with Crippen LogP contribution in [0.4, 0.5) is 0 Å². The number of carbonyl (C=O) groups excluding carboxylic acids is 2. The lowest BCUT2D eigenvalue weighted by atomic mass is 10.2. The number of amidine groups is 1. The van der Waals surface area contributed by atoms with E-state index in [2.05, 4.69) is 20.9 Å². The Hall–Kier alpha value is -1.51. The van der Waals surface area contributed by atoms with Crippen LogP contribution in [0, 0.1) is 0 Å². The van der Waals surface area contributed by atoms with Gasteiger partial charge in [-0.05, 0) is 86.1 Å². The fourth-order valence-electron chi connectivity index (χ4n) is 2.54. The molecule has 1 aliphatic rings. The van der Waals surface area contributed by atoms with Crippen LogP contribution in [-0.2, 0) is 14.3 Å². The maximum atomic E-state index is 12.9. The second kappa shape index (κ2) is 10.5. The van der Waals surface area contributed by atoms with E-state index in [1.165, 1.54) is 11.8 Å². The highest BCUT2D eigenvalue weighted by atomic mass is 79.9. The van der Waals surface area contributed by atoms with Gasteiger partial charge in [0.2, 0.25) is 0 Å². The van der Waals surface area contributed by atoms with Crippen molar-refractivity contribution in [1.29, 1.82) is 0 Å². The predicted octanol–water partition coefficient (Wildman–Crippen LogP) is 5.13. The summed E-state index contributed by atoms with van der Waals surface area (Å²) in [4.78, 5) is 31.2. The van der Waals surface area contributed by atoms with Gasteiger partial charge in [-0.25, -0.2) is 4.79 Å². The second-order valence-corrected chi connectivity index (χ2v) is 9.06. The normalized spacial score (nSPS) is 17.1. The Kier molecular flexibility index (Phi) is 8.60. The van der Waals surface area contributed by atoms with Crippen molar-refractivity contribution < 1.29 is 19.1 Å². The van der Waals surface area contributed by atoms with Gasteiger partial charge in [-0.1, -0.05) is 11.6 Å². The number of amides is 1. The third kappa shape index (κ3) is 6.23. The summed E-state index contributed by atoms with van der Waals surface area (Å²) in [6.45, 7) is 9.64. The van der Waals surface area contributed by atoms with Crippen LogP contribution < -0.4 is 4.74 Å². The number of aliphatic imine (C=N–C) groups is 1. The zero-order valence-corrected chi connectivity index (χ0v) is 20.2. The summed E-state index contributed by atoms with van der Waals surface area (Å²) in [5.74, 6) is -0.210. The number of rotatable bonds is 7. The Morgan fingerprint density at radius 1 is 1.34 bits per heavy atom. The van der Waals surface area contributed by atoms with Crippen molar-refractivity contribution in [3.63, 3.8) is 0 Å². The van der Waals surface area contributed by atoms with E-state index in [4.69, 9.17) is 21.1 Å². The summed E-state index contributed by atoms with van der Waals surface area (Å²) >= 11 is 11.1. The van der Waals surface area contributed by atoms with E-state index in [1.54, 1.807) is 30.0 Å². The molecule has 1 aliphatic heterocycles. The lowest BCUT2D eigenvalue weighted by Gasteiger charge is -2.20. The summed E-state index contributed by atoms with van der Waals surface area (Å²) < 4.78 is 10.9. The molecule has 1 aromatic carbocycles. The largest absolute Gasteiger partial charge is 0.479 e. The molecule has 1 amide bonds. The third-order valence-electron chi connectivity index (χ3n) is 3.68. The lowest BCUT2D eigenvalue weighted by molar-refractivity contribution is -0.145. The molecule has 1 aromatic rings. The highest BCUT2D eigenvalue weighted by Gasteiger charge is 2.35. The Labute approximate surface area is 188 Å². The molecule has 158 valence electrons. The van der Waals surface area contributed by atoms with E-state index in [0.29, 0.717) is 25.3 Å². The second-order valence-electron chi connectivity index (χ2n) is 6.79. The molecule has 6 nitrogen and oxygen atoms in total. The third-order valence-corrected chi connectivity index (χ3v) is 5.55. The molecule has 0 atom stereocenters. The maximum Gasteiger partial charge on any atom is 0.344 e. The van der Waals surface area contributed by atoms with E-state index < -0.39 is 5.97 Å². The van der Waals surface area contributed by atoms with Crippen molar-refractivity contribution in [2.75, 3.05) is 13.2 Å². The van der Waals surface area contributed by atoms with Crippen LogP contribution in [0.5, 0.6) is 5.75 Å². The first-order valence-electron chi connectivity index (χ1n) is 9.22. The summed E-state index contributed by atoms with van der Waals surface area (Å²) in [6.07, 6.45) is 1.77. The fourth-order valence-corrected chi connectivity index (χ4v) is 4.76. The van der Waals surface area contributed by atoms with Gasteiger partial charge >= 0.3 is 5.97 Å². The molecule has 0 spiro atoms. The summed E-state index contributed by atoms with van der Waals surface area (Å²) in [5, 5.41) is 1.02. The van der Waals surface area contributed by atoms with Crippen molar-refractivity contribution in [2.45, 2.75) is 46.7 Å². The maximum absolute atomic E-state index is 12.9. The van der Waals surface area contributed by atoms with Gasteiger partial charge in [0.15, 0.2) is 17.5 Å². The average molecular weight is 504 g/mol. The Morgan fingerprint density at radius 3 is 2.59 bits per heavy atom. The Balaban J connectivity index is 2.28. The molecule has 0 saturated carbocycles. The average Bonchev–Trinajstić information content (AvgIpc) is 2.88. The van der Waals surface area contributed by atoms with Crippen LogP contribution in [-0.4, -0.2) is 47.2 Å². The molecule has 0 aromatic heterocycles. The fraction of sp³-hybridized carbons (Fsp3) is 0.450.